The summed E-state index contributed by atoms with van der Waals surface area (Å²) in [6, 6.07) is 24.7. The summed E-state index contributed by atoms with van der Waals surface area (Å²) in [5.41, 5.74) is 4.04. The minimum atomic E-state index is -0.815. The number of para-hydroxylation sites is 2. The Labute approximate surface area is 192 Å². The Hall–Kier alpha value is -4.06. The highest BCUT2D eigenvalue weighted by Crippen LogP contribution is 2.22. The van der Waals surface area contributed by atoms with Crippen LogP contribution >= 0.6 is 0 Å². The molecule has 0 bridgehead atoms. The van der Waals surface area contributed by atoms with E-state index in [1.165, 1.54) is 7.11 Å². The first kappa shape index (κ1) is 22.1. The van der Waals surface area contributed by atoms with Crippen molar-refractivity contribution in [1.29, 1.82) is 0 Å². The van der Waals surface area contributed by atoms with E-state index in [0.29, 0.717) is 18.6 Å². The molecule has 0 unspecified atom stereocenters. The lowest BCUT2D eigenvalue weighted by molar-refractivity contribution is -0.145. The Bertz CT molecular complexity index is 1230. The van der Waals surface area contributed by atoms with Crippen LogP contribution in [0.2, 0.25) is 0 Å². The smallest absolute Gasteiger partial charge is 0.328 e. The Morgan fingerprint density at radius 3 is 2.45 bits per heavy atom. The largest absolute Gasteiger partial charge is 0.483 e. The molecule has 0 aliphatic rings. The van der Waals surface area contributed by atoms with Gasteiger partial charge in [-0.1, -0.05) is 66.7 Å². The van der Waals surface area contributed by atoms with E-state index in [1.54, 1.807) is 0 Å². The molecule has 3 aromatic carbocycles. The van der Waals surface area contributed by atoms with Crippen LogP contribution in [0.4, 0.5) is 0 Å². The second-order valence-corrected chi connectivity index (χ2v) is 7.77. The van der Waals surface area contributed by atoms with Gasteiger partial charge in [-0.25, -0.2) is 4.79 Å². The molecule has 168 valence electrons. The maximum Gasteiger partial charge on any atom is 0.328 e. The Morgan fingerprint density at radius 1 is 0.909 bits per heavy atom. The van der Waals surface area contributed by atoms with E-state index in [0.717, 1.165) is 27.6 Å². The Balaban J connectivity index is 1.41. The molecule has 1 atom stereocenters. The molecule has 0 spiro atoms. The molecule has 0 radical (unpaired) electrons. The third-order valence-corrected chi connectivity index (χ3v) is 5.49. The Morgan fingerprint density at radius 2 is 1.64 bits per heavy atom. The number of carbonyl (C=O) groups is 2. The van der Waals surface area contributed by atoms with Gasteiger partial charge >= 0.3 is 5.97 Å². The number of H-pyrrole nitrogens is 1. The average Bonchev–Trinajstić information content (AvgIpc) is 3.26. The summed E-state index contributed by atoms with van der Waals surface area (Å²) in [5, 5.41) is 3.76. The number of esters is 1. The predicted octanol–water partition coefficient (Wildman–Crippen LogP) is 4.04. The zero-order valence-corrected chi connectivity index (χ0v) is 18.4. The van der Waals surface area contributed by atoms with Gasteiger partial charge in [-0.05, 0) is 28.8 Å². The number of methoxy groups -OCH3 is 1. The van der Waals surface area contributed by atoms with Crippen molar-refractivity contribution in [2.24, 2.45) is 0 Å². The second kappa shape index (κ2) is 10.5. The first-order chi connectivity index (χ1) is 16.1. The van der Waals surface area contributed by atoms with Gasteiger partial charge in [-0.15, -0.1) is 0 Å². The molecule has 1 aromatic heterocycles. The number of rotatable bonds is 9. The molecule has 1 amide bonds. The van der Waals surface area contributed by atoms with Crippen molar-refractivity contribution in [3.05, 3.63) is 102 Å². The van der Waals surface area contributed by atoms with Gasteiger partial charge in [0.15, 0.2) is 6.61 Å². The molecule has 2 N–H and O–H groups in total. The zero-order chi connectivity index (χ0) is 23.0. The molecule has 0 aliphatic carbocycles. The van der Waals surface area contributed by atoms with Crippen LogP contribution in [0.1, 0.15) is 16.7 Å². The molecular weight excluding hydrogens is 416 g/mol. The number of hydrogen-bond donors (Lipinski definition) is 2. The van der Waals surface area contributed by atoms with Crippen LogP contribution in [0, 0.1) is 0 Å². The van der Waals surface area contributed by atoms with Crippen LogP contribution in [-0.4, -0.2) is 36.6 Å². The van der Waals surface area contributed by atoms with E-state index < -0.39 is 12.0 Å². The Kier molecular flexibility index (Phi) is 7.05. The average molecular weight is 443 g/mol. The molecular formula is C27H26N2O4. The summed E-state index contributed by atoms with van der Waals surface area (Å²) in [5.74, 6) is -0.249. The number of amides is 1. The predicted molar refractivity (Wildman–Crippen MR) is 127 cm³/mol. The summed E-state index contributed by atoms with van der Waals surface area (Å²) in [6.07, 6.45) is 2.86. The van der Waals surface area contributed by atoms with E-state index in [9.17, 15) is 9.59 Å². The van der Waals surface area contributed by atoms with Gasteiger partial charge in [0.1, 0.15) is 11.8 Å². The highest BCUT2D eigenvalue weighted by Gasteiger charge is 2.23. The monoisotopic (exact) mass is 442 g/mol. The minimum Gasteiger partial charge on any atom is -0.483 e. The maximum absolute atomic E-state index is 12.7. The van der Waals surface area contributed by atoms with Crippen molar-refractivity contribution < 1.29 is 19.1 Å². The molecule has 0 saturated heterocycles. The van der Waals surface area contributed by atoms with E-state index in [4.69, 9.17) is 9.47 Å². The fraction of sp³-hybridized carbons (Fsp3) is 0.185. The van der Waals surface area contributed by atoms with E-state index in [-0.39, 0.29) is 12.5 Å². The molecule has 0 fully saturated rings. The van der Waals surface area contributed by atoms with Crippen LogP contribution < -0.4 is 10.1 Å². The zero-order valence-electron chi connectivity index (χ0n) is 18.4. The van der Waals surface area contributed by atoms with Gasteiger partial charge in [-0.3, -0.25) is 4.79 Å². The number of fused-ring (bicyclic) bond motifs is 1. The van der Waals surface area contributed by atoms with Crippen molar-refractivity contribution in [2.75, 3.05) is 13.7 Å². The van der Waals surface area contributed by atoms with E-state index in [2.05, 4.69) is 22.4 Å². The second-order valence-electron chi connectivity index (χ2n) is 7.77. The number of ether oxygens (including phenoxy) is 2. The molecule has 4 rings (SSSR count). The number of benzene rings is 3. The summed E-state index contributed by atoms with van der Waals surface area (Å²) in [7, 11) is 1.31. The van der Waals surface area contributed by atoms with Crippen molar-refractivity contribution in [1.82, 2.24) is 10.3 Å². The number of aromatic nitrogens is 1. The quantitative estimate of drug-likeness (QED) is 0.384. The maximum atomic E-state index is 12.7. The lowest BCUT2D eigenvalue weighted by Gasteiger charge is -2.17. The lowest BCUT2D eigenvalue weighted by Crippen LogP contribution is -2.44. The third-order valence-electron chi connectivity index (χ3n) is 5.49. The van der Waals surface area contributed by atoms with Crippen molar-refractivity contribution in [2.45, 2.75) is 18.9 Å². The fourth-order valence-corrected chi connectivity index (χ4v) is 3.84. The number of aromatic amines is 1. The van der Waals surface area contributed by atoms with Crippen LogP contribution in [0.15, 0.2) is 85.1 Å². The molecule has 4 aromatic rings. The molecule has 6 heteroatoms. The van der Waals surface area contributed by atoms with Gasteiger partial charge in [0.05, 0.1) is 7.11 Å². The van der Waals surface area contributed by atoms with Crippen LogP contribution in [0.5, 0.6) is 5.75 Å². The number of hydrogen-bond acceptors (Lipinski definition) is 4. The summed E-state index contributed by atoms with van der Waals surface area (Å²) in [6.45, 7) is -0.201. The van der Waals surface area contributed by atoms with Gasteiger partial charge in [0.25, 0.3) is 5.91 Å². The number of carbonyl (C=O) groups excluding carboxylic acids is 2. The molecule has 1 heterocycles. The third kappa shape index (κ3) is 5.60. The van der Waals surface area contributed by atoms with Gasteiger partial charge in [0.2, 0.25) is 0 Å². The highest BCUT2D eigenvalue weighted by atomic mass is 16.5. The standard InChI is InChI=1S/C27H26N2O4/c1-32-27(31)24(16-21-17-28-23-13-7-6-12-22(21)23)29-26(30)18-33-25-14-8-5-11-20(25)15-19-9-3-2-4-10-19/h2-14,17,24,28H,15-16,18H2,1H3,(H,29,30)/t24-/m1/s1. The van der Waals surface area contributed by atoms with Crippen molar-refractivity contribution >= 4 is 22.8 Å². The van der Waals surface area contributed by atoms with E-state index in [1.807, 2.05) is 72.9 Å². The van der Waals surface area contributed by atoms with Crippen LogP contribution in [0.25, 0.3) is 10.9 Å². The van der Waals surface area contributed by atoms with E-state index >= 15 is 0 Å². The summed E-state index contributed by atoms with van der Waals surface area (Å²) >= 11 is 0. The topological polar surface area (TPSA) is 80.4 Å². The highest BCUT2D eigenvalue weighted by molar-refractivity contribution is 5.87. The lowest BCUT2D eigenvalue weighted by atomic mass is 10.0. The SMILES string of the molecule is COC(=O)[C@@H](Cc1c[nH]c2ccccc12)NC(=O)COc1ccccc1Cc1ccccc1. The normalized spacial score (nSPS) is 11.7. The molecule has 0 saturated carbocycles. The number of nitrogens with one attached hydrogen (secondary N) is 2. The first-order valence-electron chi connectivity index (χ1n) is 10.8. The summed E-state index contributed by atoms with van der Waals surface area (Å²) < 4.78 is 10.7. The first-order valence-corrected chi connectivity index (χ1v) is 10.8. The van der Waals surface area contributed by atoms with Gasteiger partial charge < -0.3 is 19.8 Å². The summed E-state index contributed by atoms with van der Waals surface area (Å²) in [4.78, 5) is 28.2. The molecule has 0 aliphatic heterocycles. The van der Waals surface area contributed by atoms with Crippen molar-refractivity contribution in [3.8, 4) is 5.75 Å². The fourth-order valence-electron chi connectivity index (χ4n) is 3.84. The van der Waals surface area contributed by atoms with Gasteiger partial charge in [-0.2, -0.15) is 0 Å². The van der Waals surface area contributed by atoms with Crippen molar-refractivity contribution in [3.63, 3.8) is 0 Å². The van der Waals surface area contributed by atoms with Gasteiger partial charge in [0, 0.05) is 29.9 Å². The molecule has 6 nitrogen and oxygen atoms in total. The molecule has 33 heavy (non-hydrogen) atoms. The van der Waals surface area contributed by atoms with Crippen LogP contribution in [0.3, 0.4) is 0 Å². The minimum absolute atomic E-state index is 0.201. The van der Waals surface area contributed by atoms with Crippen LogP contribution in [-0.2, 0) is 27.2 Å².